The molecule has 2 heterocycles. The Kier molecular flexibility index (Phi) is 4.84. The van der Waals surface area contributed by atoms with Crippen molar-refractivity contribution < 1.29 is 14.4 Å². The second-order valence-electron chi connectivity index (χ2n) is 6.78. The Balaban J connectivity index is 1.83. The SMILES string of the molecule is CCn1cc(C=C2C(=O)NC(=O)N(c3ccc(Br)cc3C)C2=O)c2ccccc21. The van der Waals surface area contributed by atoms with E-state index in [0.29, 0.717) is 5.69 Å². The number of carbonyl (C=O) groups is 3. The number of aromatic nitrogens is 1. The summed E-state index contributed by atoms with van der Waals surface area (Å²) in [5, 5.41) is 3.22. The number of urea groups is 1. The summed E-state index contributed by atoms with van der Waals surface area (Å²) < 4.78 is 2.89. The van der Waals surface area contributed by atoms with Crippen molar-refractivity contribution in [2.45, 2.75) is 20.4 Å². The molecule has 4 amide bonds. The Morgan fingerprint density at radius 2 is 1.86 bits per heavy atom. The summed E-state index contributed by atoms with van der Waals surface area (Å²) in [6.07, 6.45) is 3.46. The number of amides is 4. The molecule has 0 saturated carbocycles. The van der Waals surface area contributed by atoms with Crippen molar-refractivity contribution in [3.8, 4) is 0 Å². The van der Waals surface area contributed by atoms with Gasteiger partial charge in [0, 0.05) is 33.7 Å². The van der Waals surface area contributed by atoms with Crippen molar-refractivity contribution in [2.75, 3.05) is 4.90 Å². The van der Waals surface area contributed by atoms with Crippen molar-refractivity contribution in [3.05, 3.63) is 69.8 Å². The molecule has 0 atom stereocenters. The van der Waals surface area contributed by atoms with Gasteiger partial charge in [0.2, 0.25) is 0 Å². The van der Waals surface area contributed by atoms with Gasteiger partial charge in [-0.2, -0.15) is 0 Å². The van der Waals surface area contributed by atoms with E-state index in [-0.39, 0.29) is 5.57 Å². The van der Waals surface area contributed by atoms with Crippen molar-refractivity contribution >= 4 is 56.4 Å². The molecule has 3 aromatic rings. The lowest BCUT2D eigenvalue weighted by Gasteiger charge is -2.27. The summed E-state index contributed by atoms with van der Waals surface area (Å²) in [4.78, 5) is 39.1. The molecule has 0 spiro atoms. The quantitative estimate of drug-likeness (QED) is 0.473. The van der Waals surface area contributed by atoms with Gasteiger partial charge in [0.25, 0.3) is 11.8 Å². The fraction of sp³-hybridized carbons (Fsp3) is 0.136. The molecule has 0 aliphatic carbocycles. The van der Waals surface area contributed by atoms with Crippen LogP contribution in [0.1, 0.15) is 18.1 Å². The second-order valence-corrected chi connectivity index (χ2v) is 7.69. The molecule has 0 unspecified atom stereocenters. The van der Waals surface area contributed by atoms with Gasteiger partial charge in [-0.3, -0.25) is 14.9 Å². The first-order valence-electron chi connectivity index (χ1n) is 9.16. The highest BCUT2D eigenvalue weighted by atomic mass is 79.9. The third-order valence-corrected chi connectivity index (χ3v) is 5.45. The molecule has 146 valence electrons. The predicted molar refractivity (Wildman–Crippen MR) is 115 cm³/mol. The number of halogens is 1. The zero-order chi connectivity index (χ0) is 20.7. The molecule has 1 N–H and O–H groups in total. The van der Waals surface area contributed by atoms with E-state index in [1.165, 1.54) is 0 Å². The van der Waals surface area contributed by atoms with Gasteiger partial charge >= 0.3 is 6.03 Å². The second kappa shape index (κ2) is 7.33. The van der Waals surface area contributed by atoms with Gasteiger partial charge in [0.15, 0.2) is 0 Å². The minimum absolute atomic E-state index is 0.0778. The third kappa shape index (κ3) is 3.27. The van der Waals surface area contributed by atoms with Crippen LogP contribution in [-0.4, -0.2) is 22.4 Å². The molecule has 1 fully saturated rings. The number of nitrogens with one attached hydrogen (secondary N) is 1. The molecule has 29 heavy (non-hydrogen) atoms. The molecule has 1 aliphatic heterocycles. The van der Waals surface area contributed by atoms with E-state index >= 15 is 0 Å². The highest BCUT2D eigenvalue weighted by Gasteiger charge is 2.37. The Hall–Kier alpha value is -3.19. The Morgan fingerprint density at radius 1 is 1.10 bits per heavy atom. The van der Waals surface area contributed by atoms with Gasteiger partial charge < -0.3 is 4.57 Å². The predicted octanol–water partition coefficient (Wildman–Crippen LogP) is 4.40. The van der Waals surface area contributed by atoms with Gasteiger partial charge in [0.05, 0.1) is 5.69 Å². The van der Waals surface area contributed by atoms with Crippen molar-refractivity contribution in [1.29, 1.82) is 0 Å². The number of carbonyl (C=O) groups excluding carboxylic acids is 3. The van der Waals surface area contributed by atoms with E-state index < -0.39 is 17.8 Å². The average molecular weight is 452 g/mol. The van der Waals surface area contributed by atoms with E-state index in [1.54, 1.807) is 25.1 Å². The number of hydrogen-bond acceptors (Lipinski definition) is 3. The first kappa shape index (κ1) is 19.1. The number of para-hydroxylation sites is 1. The topological polar surface area (TPSA) is 71.4 Å². The van der Waals surface area contributed by atoms with E-state index in [4.69, 9.17) is 0 Å². The highest BCUT2D eigenvalue weighted by Crippen LogP contribution is 2.29. The third-order valence-electron chi connectivity index (χ3n) is 4.96. The fourth-order valence-corrected chi connectivity index (χ4v) is 4.03. The lowest BCUT2D eigenvalue weighted by Crippen LogP contribution is -2.54. The van der Waals surface area contributed by atoms with E-state index in [2.05, 4.69) is 25.8 Å². The van der Waals surface area contributed by atoms with Crippen LogP contribution in [-0.2, 0) is 16.1 Å². The minimum atomic E-state index is -0.751. The fourth-order valence-electron chi connectivity index (χ4n) is 3.55. The Labute approximate surface area is 175 Å². The summed E-state index contributed by atoms with van der Waals surface area (Å²) in [6.45, 7) is 4.58. The van der Waals surface area contributed by atoms with Crippen LogP contribution in [0.25, 0.3) is 17.0 Å². The summed E-state index contributed by atoms with van der Waals surface area (Å²) in [5.74, 6) is -1.34. The van der Waals surface area contributed by atoms with Crippen LogP contribution in [0.5, 0.6) is 0 Å². The number of aryl methyl sites for hydroxylation is 2. The van der Waals surface area contributed by atoms with Crippen molar-refractivity contribution in [2.24, 2.45) is 0 Å². The molecule has 1 aromatic heterocycles. The monoisotopic (exact) mass is 451 g/mol. The number of fused-ring (bicyclic) bond motifs is 1. The Bertz CT molecular complexity index is 1210. The molecule has 7 heteroatoms. The lowest BCUT2D eigenvalue weighted by atomic mass is 10.1. The lowest BCUT2D eigenvalue weighted by molar-refractivity contribution is -0.122. The molecule has 0 bridgehead atoms. The maximum absolute atomic E-state index is 13.2. The van der Waals surface area contributed by atoms with Gasteiger partial charge in [-0.25, -0.2) is 9.69 Å². The van der Waals surface area contributed by atoms with Crippen molar-refractivity contribution in [3.63, 3.8) is 0 Å². The number of anilines is 1. The van der Waals surface area contributed by atoms with Crippen LogP contribution in [0.4, 0.5) is 10.5 Å². The highest BCUT2D eigenvalue weighted by molar-refractivity contribution is 9.10. The number of nitrogens with zero attached hydrogens (tertiary/aromatic N) is 2. The molecular weight excluding hydrogens is 434 g/mol. The van der Waals surface area contributed by atoms with Crippen LogP contribution in [0, 0.1) is 6.92 Å². The van der Waals surface area contributed by atoms with Gasteiger partial charge in [-0.05, 0) is 49.8 Å². The zero-order valence-corrected chi connectivity index (χ0v) is 17.5. The van der Waals surface area contributed by atoms with Crippen LogP contribution >= 0.6 is 15.9 Å². The van der Waals surface area contributed by atoms with E-state index in [9.17, 15) is 14.4 Å². The van der Waals surface area contributed by atoms with Crippen LogP contribution in [0.15, 0.2) is 58.7 Å². The summed E-state index contributed by atoms with van der Waals surface area (Å²) in [5.41, 5.74) is 2.86. The zero-order valence-electron chi connectivity index (χ0n) is 15.9. The summed E-state index contributed by atoms with van der Waals surface area (Å²) >= 11 is 3.38. The number of imide groups is 2. The standard InChI is InChI=1S/C22H18BrN3O3/c1-3-25-12-14(16-6-4-5-7-19(16)25)11-17-20(27)24-22(29)26(21(17)28)18-9-8-15(23)10-13(18)2/h4-12H,3H2,1-2H3,(H,24,27,29). The van der Waals surface area contributed by atoms with Crippen LogP contribution in [0.2, 0.25) is 0 Å². The molecule has 1 saturated heterocycles. The van der Waals surface area contributed by atoms with Gasteiger partial charge in [-0.15, -0.1) is 0 Å². The first-order chi connectivity index (χ1) is 13.9. The molecule has 6 nitrogen and oxygen atoms in total. The van der Waals surface area contributed by atoms with Crippen molar-refractivity contribution in [1.82, 2.24) is 9.88 Å². The van der Waals surface area contributed by atoms with E-state index in [0.717, 1.165) is 37.9 Å². The minimum Gasteiger partial charge on any atom is -0.347 e. The maximum Gasteiger partial charge on any atom is 0.335 e. The Morgan fingerprint density at radius 3 is 2.59 bits per heavy atom. The molecule has 0 radical (unpaired) electrons. The van der Waals surface area contributed by atoms with Gasteiger partial charge in [0.1, 0.15) is 5.57 Å². The molecule has 1 aliphatic rings. The van der Waals surface area contributed by atoms with E-state index in [1.807, 2.05) is 43.5 Å². The molecule has 4 rings (SSSR count). The first-order valence-corrected chi connectivity index (χ1v) is 9.95. The van der Waals surface area contributed by atoms with Gasteiger partial charge in [-0.1, -0.05) is 34.1 Å². The number of barbiturate groups is 1. The van der Waals surface area contributed by atoms with Crippen LogP contribution in [0.3, 0.4) is 0 Å². The average Bonchev–Trinajstić information content (AvgIpc) is 3.04. The summed E-state index contributed by atoms with van der Waals surface area (Å²) in [6, 6.07) is 12.3. The molecule has 2 aromatic carbocycles. The smallest absolute Gasteiger partial charge is 0.335 e. The maximum atomic E-state index is 13.2. The largest absolute Gasteiger partial charge is 0.347 e. The normalized spacial score (nSPS) is 16.0. The molecular formula is C22H18BrN3O3. The number of benzene rings is 2. The summed E-state index contributed by atoms with van der Waals surface area (Å²) in [7, 11) is 0. The number of hydrogen-bond donors (Lipinski definition) is 1. The number of rotatable bonds is 3. The van der Waals surface area contributed by atoms with Crippen LogP contribution < -0.4 is 10.2 Å².